The van der Waals surface area contributed by atoms with Crippen molar-refractivity contribution in [2.45, 2.75) is 69.1 Å². The molecular formula is C22H31N3O4. The normalized spacial score (nSPS) is 34.5. The number of ether oxygens (including phenoxy) is 1. The fraction of sp³-hybridized carbons (Fsp3) is 0.727. The standard InChI is InChI=1S/C22H31N3O4/c1-14-9-18(15-3-2-6-23-12-15)29-21(27)19(14)20(26)25-7-8-28-22(13-25)10-16-4-5-17(11-22)24-16/h9,15-17,23-24H,2-8,10-13H2,1H3/t15?,16-,17+,22?. The van der Waals surface area contributed by atoms with E-state index >= 15 is 0 Å². The molecule has 0 saturated carbocycles. The fourth-order valence-corrected chi connectivity index (χ4v) is 5.81. The molecule has 158 valence electrons. The van der Waals surface area contributed by atoms with Gasteiger partial charge in [-0.25, -0.2) is 4.79 Å². The second-order valence-electron chi connectivity index (χ2n) is 9.34. The van der Waals surface area contributed by atoms with Crippen LogP contribution in [-0.2, 0) is 4.74 Å². The predicted molar refractivity (Wildman–Crippen MR) is 108 cm³/mol. The Bertz CT molecular complexity index is 833. The van der Waals surface area contributed by atoms with Gasteiger partial charge in [-0.2, -0.15) is 0 Å². The van der Waals surface area contributed by atoms with E-state index in [1.54, 1.807) is 0 Å². The van der Waals surface area contributed by atoms with Gasteiger partial charge in [-0.05, 0) is 63.6 Å². The van der Waals surface area contributed by atoms with E-state index in [2.05, 4.69) is 10.6 Å². The van der Waals surface area contributed by atoms with E-state index in [1.807, 2.05) is 17.9 Å². The minimum atomic E-state index is -0.499. The number of nitrogens with one attached hydrogen (secondary N) is 2. The van der Waals surface area contributed by atoms with Crippen molar-refractivity contribution in [1.29, 1.82) is 0 Å². The van der Waals surface area contributed by atoms with Crippen molar-refractivity contribution in [2.24, 2.45) is 0 Å². The number of morpholine rings is 1. The lowest BCUT2D eigenvalue weighted by molar-refractivity contribution is -0.122. The first-order chi connectivity index (χ1) is 14.0. The topological polar surface area (TPSA) is 83.8 Å². The lowest BCUT2D eigenvalue weighted by Crippen LogP contribution is -2.60. The molecule has 4 atom stereocenters. The molecule has 29 heavy (non-hydrogen) atoms. The van der Waals surface area contributed by atoms with Crippen LogP contribution in [0.3, 0.4) is 0 Å². The smallest absolute Gasteiger partial charge is 0.349 e. The van der Waals surface area contributed by atoms with Gasteiger partial charge in [-0.3, -0.25) is 4.79 Å². The highest BCUT2D eigenvalue weighted by atomic mass is 16.5. The van der Waals surface area contributed by atoms with Crippen molar-refractivity contribution in [1.82, 2.24) is 15.5 Å². The highest BCUT2D eigenvalue weighted by molar-refractivity contribution is 5.95. The zero-order chi connectivity index (χ0) is 20.0. The van der Waals surface area contributed by atoms with E-state index in [9.17, 15) is 9.59 Å². The van der Waals surface area contributed by atoms with Crippen LogP contribution >= 0.6 is 0 Å². The number of carbonyl (C=O) groups is 1. The third-order valence-electron chi connectivity index (χ3n) is 7.19. The highest BCUT2D eigenvalue weighted by Crippen LogP contribution is 2.38. The molecule has 4 aliphatic heterocycles. The third-order valence-corrected chi connectivity index (χ3v) is 7.19. The first-order valence-electron chi connectivity index (χ1n) is 11.1. The second kappa shape index (κ2) is 7.52. The molecule has 7 heteroatoms. The maximum absolute atomic E-state index is 13.3. The number of amides is 1. The van der Waals surface area contributed by atoms with E-state index in [-0.39, 0.29) is 23.0 Å². The van der Waals surface area contributed by atoms with Crippen LogP contribution in [-0.4, -0.2) is 61.3 Å². The van der Waals surface area contributed by atoms with Crippen LogP contribution in [0.1, 0.15) is 66.1 Å². The SMILES string of the molecule is Cc1cc(C2CCCNC2)oc(=O)c1C(=O)N1CCOC2(C[C@H]3CC[C@@H](C2)N3)C1. The molecule has 2 unspecified atom stereocenters. The number of fused-ring (bicyclic) bond motifs is 2. The van der Waals surface area contributed by atoms with E-state index in [4.69, 9.17) is 9.15 Å². The minimum absolute atomic E-state index is 0.187. The Labute approximate surface area is 171 Å². The monoisotopic (exact) mass is 401 g/mol. The second-order valence-corrected chi connectivity index (χ2v) is 9.34. The highest BCUT2D eigenvalue weighted by Gasteiger charge is 2.48. The first-order valence-corrected chi connectivity index (χ1v) is 11.1. The van der Waals surface area contributed by atoms with Gasteiger partial charge in [0, 0.05) is 31.1 Å². The van der Waals surface area contributed by atoms with Crippen molar-refractivity contribution in [3.8, 4) is 0 Å². The van der Waals surface area contributed by atoms with Gasteiger partial charge in [0.05, 0.1) is 18.8 Å². The van der Waals surface area contributed by atoms with E-state index in [0.29, 0.717) is 37.5 Å². The molecular weight excluding hydrogens is 370 g/mol. The van der Waals surface area contributed by atoms with Crippen LogP contribution in [0.25, 0.3) is 0 Å². The van der Waals surface area contributed by atoms with Crippen LogP contribution in [0.5, 0.6) is 0 Å². The van der Waals surface area contributed by atoms with Gasteiger partial charge in [-0.15, -0.1) is 0 Å². The lowest BCUT2D eigenvalue weighted by Gasteiger charge is -2.47. The first kappa shape index (κ1) is 19.3. The molecule has 1 aromatic heterocycles. The summed E-state index contributed by atoms with van der Waals surface area (Å²) in [6, 6.07) is 2.87. The Morgan fingerprint density at radius 3 is 2.72 bits per heavy atom. The maximum Gasteiger partial charge on any atom is 0.349 e. The number of rotatable bonds is 2. The zero-order valence-electron chi connectivity index (χ0n) is 17.2. The lowest BCUT2D eigenvalue weighted by atomic mass is 9.85. The summed E-state index contributed by atoms with van der Waals surface area (Å²) in [7, 11) is 0. The molecule has 5 rings (SSSR count). The van der Waals surface area contributed by atoms with Gasteiger partial charge in [0.15, 0.2) is 0 Å². The number of piperidine rings is 2. The molecule has 1 spiro atoms. The molecule has 1 aromatic rings. The van der Waals surface area contributed by atoms with Gasteiger partial charge in [0.1, 0.15) is 11.3 Å². The summed E-state index contributed by atoms with van der Waals surface area (Å²) in [6.45, 7) is 5.29. The molecule has 0 aliphatic carbocycles. The zero-order valence-corrected chi connectivity index (χ0v) is 17.2. The van der Waals surface area contributed by atoms with E-state index < -0.39 is 5.63 Å². The van der Waals surface area contributed by atoms with Crippen LogP contribution in [0.2, 0.25) is 0 Å². The fourth-order valence-electron chi connectivity index (χ4n) is 5.81. The summed E-state index contributed by atoms with van der Waals surface area (Å²) < 4.78 is 11.9. The van der Waals surface area contributed by atoms with E-state index in [1.165, 1.54) is 12.8 Å². The molecule has 4 aliphatic rings. The molecule has 7 nitrogen and oxygen atoms in total. The molecule has 1 amide bonds. The van der Waals surface area contributed by atoms with Crippen LogP contribution in [0, 0.1) is 6.92 Å². The van der Waals surface area contributed by atoms with Gasteiger partial charge in [0.2, 0.25) is 0 Å². The van der Waals surface area contributed by atoms with Gasteiger partial charge >= 0.3 is 5.63 Å². The quantitative estimate of drug-likeness (QED) is 0.782. The summed E-state index contributed by atoms with van der Waals surface area (Å²) in [5, 5.41) is 6.99. The predicted octanol–water partition coefficient (Wildman–Crippen LogP) is 1.54. The molecule has 2 N–H and O–H groups in total. The summed E-state index contributed by atoms with van der Waals surface area (Å²) in [4.78, 5) is 27.9. The van der Waals surface area contributed by atoms with Gasteiger partial charge in [-0.1, -0.05) is 0 Å². The Morgan fingerprint density at radius 1 is 1.24 bits per heavy atom. The molecule has 4 fully saturated rings. The van der Waals surface area contributed by atoms with Crippen LogP contribution < -0.4 is 16.3 Å². The Hall–Kier alpha value is -1.70. The van der Waals surface area contributed by atoms with Crippen LogP contribution in [0.4, 0.5) is 0 Å². The van der Waals surface area contributed by atoms with Crippen LogP contribution in [0.15, 0.2) is 15.3 Å². The average Bonchev–Trinajstić information content (AvgIpc) is 3.07. The Balaban J connectivity index is 1.36. The summed E-state index contributed by atoms with van der Waals surface area (Å²) in [5.41, 5.74) is 0.137. The number of nitrogens with zero attached hydrogens (tertiary/aromatic N) is 1. The van der Waals surface area contributed by atoms with Gasteiger partial charge < -0.3 is 24.7 Å². The minimum Gasteiger partial charge on any atom is -0.427 e. The number of aryl methyl sites for hydroxylation is 1. The van der Waals surface area contributed by atoms with Crippen molar-refractivity contribution in [3.63, 3.8) is 0 Å². The van der Waals surface area contributed by atoms with Crippen molar-refractivity contribution in [2.75, 3.05) is 32.8 Å². The molecule has 0 aromatic carbocycles. The largest absolute Gasteiger partial charge is 0.427 e. The van der Waals surface area contributed by atoms with Crippen molar-refractivity contribution in [3.05, 3.63) is 33.4 Å². The van der Waals surface area contributed by atoms with Crippen molar-refractivity contribution < 1.29 is 13.9 Å². The molecule has 2 bridgehead atoms. The molecule has 0 radical (unpaired) electrons. The third kappa shape index (κ3) is 3.64. The maximum atomic E-state index is 13.3. The van der Waals surface area contributed by atoms with Crippen molar-refractivity contribution >= 4 is 5.91 Å². The molecule has 5 heterocycles. The number of hydrogen-bond acceptors (Lipinski definition) is 6. The Morgan fingerprint density at radius 2 is 2.03 bits per heavy atom. The van der Waals surface area contributed by atoms with Gasteiger partial charge in [0.25, 0.3) is 5.91 Å². The molecule has 4 saturated heterocycles. The average molecular weight is 402 g/mol. The summed E-state index contributed by atoms with van der Waals surface area (Å²) in [6.07, 6.45) is 6.32. The summed E-state index contributed by atoms with van der Waals surface area (Å²) in [5.74, 6) is 0.693. The Kier molecular flexibility index (Phi) is 5.00. The number of carbonyl (C=O) groups excluding carboxylic acids is 1. The number of hydrogen-bond donors (Lipinski definition) is 2. The summed E-state index contributed by atoms with van der Waals surface area (Å²) >= 11 is 0. The van der Waals surface area contributed by atoms with E-state index in [0.717, 1.165) is 44.3 Å².